The number of halogens is 3. The maximum absolute atomic E-state index is 13.3. The number of primary amides is 1. The van der Waals surface area contributed by atoms with Crippen molar-refractivity contribution in [3.63, 3.8) is 0 Å². The van der Waals surface area contributed by atoms with Gasteiger partial charge < -0.3 is 10.7 Å². The molecule has 1 amide bonds. The van der Waals surface area contributed by atoms with Crippen LogP contribution in [0.1, 0.15) is 15.9 Å². The molecule has 1 heterocycles. The molecule has 0 aliphatic rings. The number of nitrogens with one attached hydrogen (secondary N) is 2. The highest BCUT2D eigenvalue weighted by atomic mass is 32.2. The van der Waals surface area contributed by atoms with Crippen LogP contribution in [-0.2, 0) is 16.2 Å². The average Bonchev–Trinajstić information content (AvgIpc) is 2.66. The summed E-state index contributed by atoms with van der Waals surface area (Å²) in [7, 11) is -4.03. The Bertz CT molecular complexity index is 1350. The fourth-order valence-electron chi connectivity index (χ4n) is 2.81. The molecule has 2 aromatic carbocycles. The van der Waals surface area contributed by atoms with Crippen LogP contribution in [0.2, 0.25) is 0 Å². The summed E-state index contributed by atoms with van der Waals surface area (Å²) in [6.07, 6.45) is -3.61. The number of rotatable bonds is 5. The van der Waals surface area contributed by atoms with Crippen molar-refractivity contribution in [2.45, 2.75) is 6.18 Å². The van der Waals surface area contributed by atoms with Crippen LogP contribution >= 0.6 is 0 Å². The lowest BCUT2D eigenvalue weighted by Gasteiger charge is -2.13. The third-order valence-corrected chi connectivity index (χ3v) is 5.18. The largest absolute Gasteiger partial charge is 0.416 e. The maximum atomic E-state index is 13.3. The molecule has 0 saturated heterocycles. The molecule has 0 spiro atoms. The molecule has 0 bridgehead atoms. The predicted molar refractivity (Wildman–Crippen MR) is 106 cm³/mol. The van der Waals surface area contributed by atoms with Gasteiger partial charge in [0.05, 0.1) is 11.3 Å². The van der Waals surface area contributed by atoms with E-state index < -0.39 is 33.1 Å². The summed E-state index contributed by atoms with van der Waals surface area (Å²) in [5, 5.41) is 0.693. The van der Waals surface area contributed by atoms with E-state index in [-0.39, 0.29) is 33.3 Å². The molecular weight excluding hydrogens is 423 g/mol. The molecule has 0 unspecified atom stereocenters. The first kappa shape index (κ1) is 21.1. The number of hydrogen-bond acceptors (Lipinski definition) is 4. The molecule has 11 heteroatoms. The Labute approximate surface area is 168 Å². The number of sulfonamides is 1. The topological polar surface area (TPSA) is 122 Å². The van der Waals surface area contributed by atoms with Crippen molar-refractivity contribution < 1.29 is 26.4 Å². The zero-order valence-corrected chi connectivity index (χ0v) is 15.9. The Hall–Kier alpha value is -3.60. The number of amides is 1. The van der Waals surface area contributed by atoms with E-state index in [9.17, 15) is 31.2 Å². The number of fused-ring (bicyclic) bond motifs is 1. The van der Waals surface area contributed by atoms with E-state index in [0.717, 1.165) is 12.3 Å². The second kappa shape index (κ2) is 7.34. The molecule has 0 atom stereocenters. The predicted octanol–water partition coefficient (Wildman–Crippen LogP) is 3.20. The highest BCUT2D eigenvalue weighted by Crippen LogP contribution is 2.35. The molecule has 156 valence electrons. The number of H-pyrrole nitrogens is 1. The van der Waals surface area contributed by atoms with E-state index in [2.05, 4.69) is 11.6 Å². The van der Waals surface area contributed by atoms with Gasteiger partial charge in [-0.05, 0) is 41.5 Å². The SMILES string of the molecule is C=CS(=O)(=O)Nc1cc(-c2ccc3c(=O)c(C(N)=O)c[nH]c3c2)cc(C(F)(F)F)c1. The number of carbonyl (C=O) groups is 1. The Kier molecular flexibility index (Phi) is 5.16. The van der Waals surface area contributed by atoms with Crippen LogP contribution in [0.5, 0.6) is 0 Å². The Balaban J connectivity index is 2.19. The van der Waals surface area contributed by atoms with Gasteiger partial charge in [-0.15, -0.1) is 0 Å². The van der Waals surface area contributed by atoms with Crippen molar-refractivity contribution in [3.05, 3.63) is 75.9 Å². The number of aromatic nitrogens is 1. The quantitative estimate of drug-likeness (QED) is 0.567. The van der Waals surface area contributed by atoms with Gasteiger partial charge >= 0.3 is 6.18 Å². The van der Waals surface area contributed by atoms with Crippen LogP contribution in [0.15, 0.2) is 59.4 Å². The lowest BCUT2D eigenvalue weighted by atomic mass is 10.00. The molecule has 4 N–H and O–H groups in total. The molecule has 0 aliphatic heterocycles. The van der Waals surface area contributed by atoms with Gasteiger partial charge in [-0.2, -0.15) is 13.2 Å². The van der Waals surface area contributed by atoms with Gasteiger partial charge in [0.15, 0.2) is 0 Å². The Morgan fingerprint density at radius 2 is 1.83 bits per heavy atom. The van der Waals surface area contributed by atoms with Crippen molar-refractivity contribution in [2.75, 3.05) is 4.72 Å². The fraction of sp³-hybridized carbons (Fsp3) is 0.0526. The first-order valence-corrected chi connectivity index (χ1v) is 9.79. The van der Waals surface area contributed by atoms with E-state index in [4.69, 9.17) is 5.73 Å². The van der Waals surface area contributed by atoms with E-state index in [0.29, 0.717) is 11.5 Å². The molecule has 3 aromatic rings. The second-order valence-corrected chi connectivity index (χ2v) is 7.89. The number of hydrogen-bond donors (Lipinski definition) is 3. The van der Waals surface area contributed by atoms with Crippen molar-refractivity contribution in [1.82, 2.24) is 4.98 Å². The maximum Gasteiger partial charge on any atom is 0.416 e. The van der Waals surface area contributed by atoms with Gasteiger partial charge in [-0.3, -0.25) is 14.3 Å². The van der Waals surface area contributed by atoms with Gasteiger partial charge in [0.1, 0.15) is 5.56 Å². The third kappa shape index (κ3) is 4.20. The molecule has 30 heavy (non-hydrogen) atoms. The number of nitrogens with two attached hydrogens (primary N) is 1. The number of benzene rings is 2. The van der Waals surface area contributed by atoms with E-state index in [1.807, 2.05) is 4.72 Å². The molecule has 0 radical (unpaired) electrons. The van der Waals surface area contributed by atoms with Crippen LogP contribution in [0.4, 0.5) is 18.9 Å². The second-order valence-electron chi connectivity index (χ2n) is 6.27. The fourth-order valence-corrected chi connectivity index (χ4v) is 3.34. The van der Waals surface area contributed by atoms with Gasteiger partial charge in [0.25, 0.3) is 15.9 Å². The first-order valence-electron chi connectivity index (χ1n) is 8.24. The lowest BCUT2D eigenvalue weighted by Crippen LogP contribution is -2.22. The zero-order chi connectivity index (χ0) is 22.3. The number of aromatic amines is 1. The summed E-state index contributed by atoms with van der Waals surface area (Å²) in [5.41, 5.74) is 3.46. The molecule has 3 rings (SSSR count). The summed E-state index contributed by atoms with van der Waals surface area (Å²) in [4.78, 5) is 26.3. The van der Waals surface area contributed by atoms with Crippen LogP contribution in [0.25, 0.3) is 22.0 Å². The normalized spacial score (nSPS) is 12.0. The summed E-state index contributed by atoms with van der Waals surface area (Å²) < 4.78 is 65.3. The van der Waals surface area contributed by atoms with Crippen LogP contribution < -0.4 is 15.9 Å². The smallest absolute Gasteiger partial charge is 0.365 e. The highest BCUT2D eigenvalue weighted by Gasteiger charge is 2.31. The summed E-state index contributed by atoms with van der Waals surface area (Å²) in [6, 6.07) is 6.85. The highest BCUT2D eigenvalue weighted by molar-refractivity contribution is 7.95. The molecule has 0 saturated carbocycles. The standard InChI is InChI=1S/C19H14F3N3O4S/c1-2-30(28,29)25-13-6-11(5-12(8-13)19(20,21)22)10-3-4-14-16(7-10)24-9-15(17(14)26)18(23)27/h2-9,25H,1H2,(H2,23,27)(H,24,26). The van der Waals surface area contributed by atoms with Gasteiger partial charge in [-0.1, -0.05) is 12.6 Å². The molecule has 1 aromatic heterocycles. The first-order chi connectivity index (χ1) is 13.9. The number of anilines is 1. The molecule has 0 fully saturated rings. The number of alkyl halides is 3. The minimum absolute atomic E-state index is 0.0494. The average molecular weight is 437 g/mol. The molecule has 7 nitrogen and oxygen atoms in total. The Morgan fingerprint density at radius 3 is 2.43 bits per heavy atom. The van der Waals surface area contributed by atoms with Crippen molar-refractivity contribution >= 4 is 32.5 Å². The minimum Gasteiger partial charge on any atom is -0.365 e. The van der Waals surface area contributed by atoms with Gasteiger partial charge in [-0.25, -0.2) is 8.42 Å². The van der Waals surface area contributed by atoms with Crippen LogP contribution in [0, 0.1) is 0 Å². The Morgan fingerprint density at radius 1 is 1.13 bits per heavy atom. The minimum atomic E-state index is -4.73. The number of carbonyl (C=O) groups excluding carboxylic acids is 1. The van der Waals surface area contributed by atoms with E-state index in [1.54, 1.807) is 0 Å². The zero-order valence-electron chi connectivity index (χ0n) is 15.1. The number of pyridine rings is 1. The summed E-state index contributed by atoms with van der Waals surface area (Å²) >= 11 is 0. The third-order valence-electron chi connectivity index (χ3n) is 4.22. The van der Waals surface area contributed by atoms with Crippen molar-refractivity contribution in [1.29, 1.82) is 0 Å². The van der Waals surface area contributed by atoms with Crippen molar-refractivity contribution in [2.24, 2.45) is 5.73 Å². The van der Waals surface area contributed by atoms with Crippen molar-refractivity contribution in [3.8, 4) is 11.1 Å². The van der Waals surface area contributed by atoms with E-state index in [1.165, 1.54) is 24.3 Å². The van der Waals surface area contributed by atoms with Gasteiger partial charge in [0.2, 0.25) is 5.43 Å². The summed E-state index contributed by atoms with van der Waals surface area (Å²) in [5.74, 6) is -0.917. The van der Waals surface area contributed by atoms with Gasteiger partial charge in [0, 0.05) is 22.5 Å². The molecular formula is C19H14F3N3O4S. The molecule has 0 aliphatic carbocycles. The lowest BCUT2D eigenvalue weighted by molar-refractivity contribution is -0.137. The summed E-state index contributed by atoms with van der Waals surface area (Å²) in [6.45, 7) is 3.10. The van der Waals surface area contributed by atoms with Crippen LogP contribution in [-0.4, -0.2) is 19.3 Å². The van der Waals surface area contributed by atoms with Crippen LogP contribution in [0.3, 0.4) is 0 Å². The monoisotopic (exact) mass is 437 g/mol. The van der Waals surface area contributed by atoms with E-state index >= 15 is 0 Å².